The molecule has 1 fully saturated rings. The van der Waals surface area contributed by atoms with Crippen LogP contribution in [0.25, 0.3) is 11.1 Å². The van der Waals surface area contributed by atoms with Crippen molar-refractivity contribution in [3.63, 3.8) is 0 Å². The molecule has 1 aromatic carbocycles. The van der Waals surface area contributed by atoms with Gasteiger partial charge in [0.25, 0.3) is 0 Å². The molecule has 0 amide bonds. The van der Waals surface area contributed by atoms with Gasteiger partial charge in [0.15, 0.2) is 12.0 Å². The highest BCUT2D eigenvalue weighted by molar-refractivity contribution is 5.78. The average molecular weight is 248 g/mol. The van der Waals surface area contributed by atoms with Crippen molar-refractivity contribution in [2.45, 2.75) is 11.5 Å². The Kier molecular flexibility index (Phi) is 2.36. The Morgan fingerprint density at radius 2 is 2.28 bits per heavy atom. The van der Waals surface area contributed by atoms with Gasteiger partial charge in [-0.2, -0.15) is 0 Å². The number of carboxylic acids is 1. The van der Waals surface area contributed by atoms with Gasteiger partial charge in [-0.1, -0.05) is 6.07 Å². The number of aromatic nitrogens is 1. The Balaban J connectivity index is 2.07. The highest BCUT2D eigenvalue weighted by Gasteiger charge is 2.49. The number of benzene rings is 1. The molecule has 3 N–H and O–H groups in total. The summed E-state index contributed by atoms with van der Waals surface area (Å²) in [4.78, 5) is 15.1. The summed E-state index contributed by atoms with van der Waals surface area (Å²) < 4.78 is 10.4. The van der Waals surface area contributed by atoms with Crippen molar-refractivity contribution in [2.24, 2.45) is 5.73 Å². The molecule has 1 saturated heterocycles. The first-order chi connectivity index (χ1) is 8.63. The Labute approximate surface area is 102 Å². The van der Waals surface area contributed by atoms with Gasteiger partial charge in [-0.25, -0.2) is 4.98 Å². The van der Waals surface area contributed by atoms with Crippen LogP contribution in [-0.4, -0.2) is 35.3 Å². The highest BCUT2D eigenvalue weighted by Crippen LogP contribution is 2.36. The molecule has 2 heterocycles. The number of fused-ring (bicyclic) bond motifs is 1. The van der Waals surface area contributed by atoms with Crippen LogP contribution in [0.5, 0.6) is 0 Å². The molecular weight excluding hydrogens is 236 g/mol. The second-order valence-electron chi connectivity index (χ2n) is 4.50. The smallest absolute Gasteiger partial charge is 0.321 e. The van der Waals surface area contributed by atoms with E-state index in [4.69, 9.17) is 20.0 Å². The van der Waals surface area contributed by atoms with Gasteiger partial charge < -0.3 is 20.0 Å². The third-order valence-corrected chi connectivity index (χ3v) is 3.49. The van der Waals surface area contributed by atoms with Gasteiger partial charge in [0, 0.05) is 0 Å². The minimum absolute atomic E-state index is 0.306. The summed E-state index contributed by atoms with van der Waals surface area (Å²) in [7, 11) is 0. The fraction of sp³-hybridized carbons (Fsp3) is 0.333. The van der Waals surface area contributed by atoms with E-state index >= 15 is 0 Å². The minimum atomic E-state index is -1.03. The second kappa shape index (κ2) is 3.79. The molecular formula is C12H12N2O4. The maximum atomic E-state index is 11.1. The predicted molar refractivity (Wildman–Crippen MR) is 62.1 cm³/mol. The number of nitrogens with zero attached hydrogens (tertiary/aromatic N) is 1. The lowest BCUT2D eigenvalue weighted by atomic mass is 9.72. The van der Waals surface area contributed by atoms with Crippen molar-refractivity contribution >= 4 is 17.1 Å². The van der Waals surface area contributed by atoms with Crippen LogP contribution in [0.4, 0.5) is 0 Å². The number of ether oxygens (including phenoxy) is 1. The van der Waals surface area contributed by atoms with Gasteiger partial charge in [-0.05, 0) is 17.7 Å². The number of hydrogen-bond donors (Lipinski definition) is 2. The number of carbonyl (C=O) groups is 1. The maximum absolute atomic E-state index is 11.1. The van der Waals surface area contributed by atoms with Crippen molar-refractivity contribution in [2.75, 3.05) is 13.2 Å². The number of oxazole rings is 1. The van der Waals surface area contributed by atoms with E-state index in [-0.39, 0.29) is 0 Å². The van der Waals surface area contributed by atoms with Crippen LogP contribution in [0.15, 0.2) is 29.0 Å². The van der Waals surface area contributed by atoms with E-state index in [1.165, 1.54) is 6.39 Å². The van der Waals surface area contributed by atoms with Crippen LogP contribution in [0.1, 0.15) is 5.56 Å². The lowest BCUT2D eigenvalue weighted by Gasteiger charge is -2.44. The van der Waals surface area contributed by atoms with E-state index < -0.39 is 17.4 Å². The summed E-state index contributed by atoms with van der Waals surface area (Å²) in [6.07, 6.45) is 1.36. The standard InChI is InChI=1S/C12H12N2O4/c13-10(11(15)16)12(4-17-5-12)7-1-2-8-9(3-7)18-6-14-8/h1-3,6,10H,4-5,13H2,(H,15,16). The minimum Gasteiger partial charge on any atom is -0.480 e. The number of rotatable bonds is 3. The largest absolute Gasteiger partial charge is 0.480 e. The molecule has 18 heavy (non-hydrogen) atoms. The molecule has 6 nitrogen and oxygen atoms in total. The van der Waals surface area contributed by atoms with Crippen LogP contribution in [0.3, 0.4) is 0 Å². The lowest BCUT2D eigenvalue weighted by Crippen LogP contribution is -2.61. The predicted octanol–water partition coefficient (Wildman–Crippen LogP) is 0.508. The van der Waals surface area contributed by atoms with Crippen molar-refractivity contribution < 1.29 is 19.1 Å². The zero-order valence-corrected chi connectivity index (χ0v) is 9.50. The topological polar surface area (TPSA) is 98.6 Å². The van der Waals surface area contributed by atoms with Crippen molar-refractivity contribution in [1.29, 1.82) is 0 Å². The van der Waals surface area contributed by atoms with Crippen LogP contribution in [-0.2, 0) is 14.9 Å². The molecule has 3 rings (SSSR count). The fourth-order valence-electron chi connectivity index (χ4n) is 2.25. The van der Waals surface area contributed by atoms with Gasteiger partial charge in [0.2, 0.25) is 0 Å². The van der Waals surface area contributed by atoms with E-state index in [1.807, 2.05) is 6.07 Å². The first-order valence-corrected chi connectivity index (χ1v) is 5.53. The summed E-state index contributed by atoms with van der Waals surface area (Å²) in [5, 5.41) is 9.10. The molecule has 0 radical (unpaired) electrons. The third kappa shape index (κ3) is 1.43. The SMILES string of the molecule is NC(C(=O)O)C1(c2ccc3ncoc3c2)COC1. The summed E-state index contributed by atoms with van der Waals surface area (Å²) in [5.41, 5.74) is 7.28. The third-order valence-electron chi connectivity index (χ3n) is 3.49. The van der Waals surface area contributed by atoms with Crippen LogP contribution in [0.2, 0.25) is 0 Å². The molecule has 1 aliphatic rings. The zero-order valence-electron chi connectivity index (χ0n) is 9.50. The van der Waals surface area contributed by atoms with Crippen molar-refractivity contribution in [3.8, 4) is 0 Å². The number of nitrogens with two attached hydrogens (primary N) is 1. The zero-order chi connectivity index (χ0) is 12.8. The summed E-state index contributed by atoms with van der Waals surface area (Å²) in [5.74, 6) is -1.03. The summed E-state index contributed by atoms with van der Waals surface area (Å²) in [6, 6.07) is 4.42. The van der Waals surface area contributed by atoms with Gasteiger partial charge in [-0.3, -0.25) is 4.79 Å². The molecule has 0 spiro atoms. The Hall–Kier alpha value is -1.92. The lowest BCUT2D eigenvalue weighted by molar-refractivity contribution is -0.148. The van der Waals surface area contributed by atoms with Gasteiger partial charge >= 0.3 is 5.97 Å². The molecule has 1 aromatic heterocycles. The monoisotopic (exact) mass is 248 g/mol. The number of carboxylic acid groups (broad SMARTS) is 1. The van der Waals surface area contributed by atoms with Crippen LogP contribution in [0, 0.1) is 0 Å². The van der Waals surface area contributed by atoms with E-state index in [1.54, 1.807) is 12.1 Å². The summed E-state index contributed by atoms with van der Waals surface area (Å²) in [6.45, 7) is 0.611. The Bertz CT molecular complexity index is 603. The molecule has 0 saturated carbocycles. The van der Waals surface area contributed by atoms with Gasteiger partial charge in [0.05, 0.1) is 18.6 Å². The molecule has 1 atom stereocenters. The van der Waals surface area contributed by atoms with Crippen LogP contribution < -0.4 is 5.73 Å². The fourth-order valence-corrected chi connectivity index (χ4v) is 2.25. The number of aliphatic carboxylic acids is 1. The van der Waals surface area contributed by atoms with E-state index in [2.05, 4.69) is 4.98 Å². The highest BCUT2D eigenvalue weighted by atomic mass is 16.5. The van der Waals surface area contributed by atoms with Crippen molar-refractivity contribution in [3.05, 3.63) is 30.2 Å². The van der Waals surface area contributed by atoms with E-state index in [9.17, 15) is 4.79 Å². The van der Waals surface area contributed by atoms with Gasteiger partial charge in [0.1, 0.15) is 11.6 Å². The molecule has 2 aromatic rings. The van der Waals surface area contributed by atoms with E-state index in [0.717, 1.165) is 11.1 Å². The average Bonchev–Trinajstić information content (AvgIpc) is 2.74. The Morgan fingerprint density at radius 1 is 1.50 bits per heavy atom. The first-order valence-electron chi connectivity index (χ1n) is 5.53. The molecule has 1 aliphatic heterocycles. The Morgan fingerprint density at radius 3 is 2.89 bits per heavy atom. The number of hydrogen-bond acceptors (Lipinski definition) is 5. The first kappa shape index (κ1) is 11.2. The summed E-state index contributed by atoms with van der Waals surface area (Å²) >= 11 is 0. The normalized spacial score (nSPS) is 19.4. The van der Waals surface area contributed by atoms with E-state index in [0.29, 0.717) is 18.8 Å². The molecule has 0 bridgehead atoms. The van der Waals surface area contributed by atoms with Gasteiger partial charge in [-0.15, -0.1) is 0 Å². The molecule has 94 valence electrons. The molecule has 6 heteroatoms. The van der Waals surface area contributed by atoms with Crippen LogP contribution >= 0.6 is 0 Å². The quantitative estimate of drug-likeness (QED) is 0.821. The van der Waals surface area contributed by atoms with Crippen molar-refractivity contribution in [1.82, 2.24) is 4.98 Å². The maximum Gasteiger partial charge on any atom is 0.321 e. The second-order valence-corrected chi connectivity index (χ2v) is 4.50. The molecule has 0 aliphatic carbocycles. The molecule has 1 unspecified atom stereocenters.